The lowest BCUT2D eigenvalue weighted by molar-refractivity contribution is 0.0922. The first-order chi connectivity index (χ1) is 9.63. The number of hydrogen-bond donors (Lipinski definition) is 1. The molecule has 0 fully saturated rings. The molecule has 1 amide bonds. The maximum atomic E-state index is 12.0. The van der Waals surface area contributed by atoms with Gasteiger partial charge in [0.25, 0.3) is 5.91 Å². The summed E-state index contributed by atoms with van der Waals surface area (Å²) in [6.07, 6.45) is 0. The molecule has 0 saturated heterocycles. The molecular formula is C15H16ClNO3. The summed E-state index contributed by atoms with van der Waals surface area (Å²) < 4.78 is 10.5. The van der Waals surface area contributed by atoms with Crippen LogP contribution in [-0.4, -0.2) is 13.0 Å². The van der Waals surface area contributed by atoms with Gasteiger partial charge in [0.05, 0.1) is 13.0 Å². The van der Waals surface area contributed by atoms with Crippen LogP contribution in [0, 0.1) is 6.92 Å². The maximum Gasteiger partial charge on any atom is 0.287 e. The summed E-state index contributed by atoms with van der Waals surface area (Å²) in [5, 5.41) is 2.80. The van der Waals surface area contributed by atoms with Gasteiger partial charge in [0.1, 0.15) is 11.5 Å². The Balaban J connectivity index is 2.00. The Morgan fingerprint density at radius 1 is 1.40 bits per heavy atom. The van der Waals surface area contributed by atoms with Gasteiger partial charge < -0.3 is 14.5 Å². The number of alkyl halides is 1. The molecule has 0 unspecified atom stereocenters. The Bertz CT molecular complexity index is 607. The van der Waals surface area contributed by atoms with Gasteiger partial charge >= 0.3 is 0 Å². The third-order valence-electron chi connectivity index (χ3n) is 2.98. The molecule has 106 valence electrons. The van der Waals surface area contributed by atoms with E-state index in [4.69, 9.17) is 20.8 Å². The van der Waals surface area contributed by atoms with Gasteiger partial charge in [-0.25, -0.2) is 0 Å². The molecule has 20 heavy (non-hydrogen) atoms. The highest BCUT2D eigenvalue weighted by Gasteiger charge is 2.13. The van der Waals surface area contributed by atoms with E-state index in [1.54, 1.807) is 20.1 Å². The predicted molar refractivity (Wildman–Crippen MR) is 77.2 cm³/mol. The number of furan rings is 1. The van der Waals surface area contributed by atoms with Crippen LogP contribution in [0.2, 0.25) is 0 Å². The lowest BCUT2D eigenvalue weighted by atomic mass is 10.2. The Morgan fingerprint density at radius 2 is 2.20 bits per heavy atom. The van der Waals surface area contributed by atoms with E-state index in [1.807, 2.05) is 24.3 Å². The number of nitrogens with one attached hydrogen (secondary N) is 1. The van der Waals surface area contributed by atoms with Crippen LogP contribution >= 0.6 is 11.6 Å². The van der Waals surface area contributed by atoms with E-state index in [0.29, 0.717) is 18.2 Å². The molecule has 0 atom stereocenters. The van der Waals surface area contributed by atoms with Crippen LogP contribution < -0.4 is 10.1 Å². The second-order valence-corrected chi connectivity index (χ2v) is 4.63. The zero-order chi connectivity index (χ0) is 14.5. The lowest BCUT2D eigenvalue weighted by Gasteiger charge is -2.05. The molecule has 0 radical (unpaired) electrons. The number of amides is 1. The summed E-state index contributed by atoms with van der Waals surface area (Å²) in [7, 11) is 1.61. The van der Waals surface area contributed by atoms with Gasteiger partial charge in [-0.1, -0.05) is 12.1 Å². The van der Waals surface area contributed by atoms with Crippen LogP contribution in [0.25, 0.3) is 0 Å². The molecule has 1 aromatic heterocycles. The Labute approximate surface area is 122 Å². The van der Waals surface area contributed by atoms with E-state index in [1.165, 1.54) is 0 Å². The molecular weight excluding hydrogens is 278 g/mol. The highest BCUT2D eigenvalue weighted by Crippen LogP contribution is 2.17. The molecule has 0 bridgehead atoms. The summed E-state index contributed by atoms with van der Waals surface area (Å²) >= 11 is 5.75. The Morgan fingerprint density at radius 3 is 2.85 bits per heavy atom. The van der Waals surface area contributed by atoms with Crippen LogP contribution in [-0.2, 0) is 12.4 Å². The molecule has 1 N–H and O–H groups in total. The molecule has 0 aliphatic carbocycles. The van der Waals surface area contributed by atoms with E-state index in [9.17, 15) is 4.79 Å². The van der Waals surface area contributed by atoms with Gasteiger partial charge in [-0.2, -0.15) is 0 Å². The monoisotopic (exact) mass is 293 g/mol. The van der Waals surface area contributed by atoms with Gasteiger partial charge in [0, 0.05) is 12.1 Å². The molecule has 0 aliphatic rings. The maximum absolute atomic E-state index is 12.0. The highest BCUT2D eigenvalue weighted by atomic mass is 35.5. The van der Waals surface area contributed by atoms with Crippen molar-refractivity contribution >= 4 is 17.5 Å². The summed E-state index contributed by atoms with van der Waals surface area (Å²) in [4.78, 5) is 12.0. The van der Waals surface area contributed by atoms with Crippen molar-refractivity contribution in [1.29, 1.82) is 0 Å². The number of halogens is 1. The van der Waals surface area contributed by atoms with Crippen molar-refractivity contribution in [1.82, 2.24) is 5.32 Å². The van der Waals surface area contributed by atoms with Crippen molar-refractivity contribution in [2.24, 2.45) is 0 Å². The Kier molecular flexibility index (Phi) is 4.69. The fraction of sp³-hybridized carbons (Fsp3) is 0.267. The van der Waals surface area contributed by atoms with Gasteiger partial charge in [-0.3, -0.25) is 4.79 Å². The van der Waals surface area contributed by atoms with Crippen molar-refractivity contribution in [3.63, 3.8) is 0 Å². The molecule has 5 heteroatoms. The normalized spacial score (nSPS) is 10.3. The van der Waals surface area contributed by atoms with E-state index in [0.717, 1.165) is 16.9 Å². The minimum Gasteiger partial charge on any atom is -0.497 e. The third kappa shape index (κ3) is 3.33. The predicted octanol–water partition coefficient (Wildman–Crippen LogP) is 3.27. The van der Waals surface area contributed by atoms with E-state index in [2.05, 4.69) is 5.32 Å². The topological polar surface area (TPSA) is 51.5 Å². The van der Waals surface area contributed by atoms with Crippen LogP contribution in [0.15, 0.2) is 34.7 Å². The molecule has 0 saturated carbocycles. The van der Waals surface area contributed by atoms with Gasteiger partial charge in [-0.15, -0.1) is 11.6 Å². The molecule has 4 nitrogen and oxygen atoms in total. The number of carbonyl (C=O) groups is 1. The summed E-state index contributed by atoms with van der Waals surface area (Å²) in [5.74, 6) is 1.79. The molecule has 0 aliphatic heterocycles. The van der Waals surface area contributed by atoms with Gasteiger partial charge in [-0.05, 0) is 30.7 Å². The quantitative estimate of drug-likeness (QED) is 0.861. The van der Waals surface area contributed by atoms with Crippen molar-refractivity contribution in [2.45, 2.75) is 19.3 Å². The van der Waals surface area contributed by atoms with Crippen molar-refractivity contribution in [2.75, 3.05) is 7.11 Å². The van der Waals surface area contributed by atoms with Crippen LogP contribution in [0.1, 0.15) is 27.4 Å². The summed E-state index contributed by atoms with van der Waals surface area (Å²) in [5.41, 5.74) is 1.79. The standard InChI is InChI=1S/C15H16ClNO3/c1-10-12(8-16)7-14(20-10)15(18)17-9-11-4-3-5-13(6-11)19-2/h3-7H,8-9H2,1-2H3,(H,17,18). The zero-order valence-corrected chi connectivity index (χ0v) is 12.2. The first-order valence-corrected chi connectivity index (χ1v) is 6.74. The largest absolute Gasteiger partial charge is 0.497 e. The van der Waals surface area contributed by atoms with Gasteiger partial charge in [0.15, 0.2) is 5.76 Å². The number of hydrogen-bond acceptors (Lipinski definition) is 3. The van der Waals surface area contributed by atoms with Crippen molar-refractivity contribution in [3.8, 4) is 5.75 Å². The number of carbonyl (C=O) groups excluding carboxylic acids is 1. The Hall–Kier alpha value is -1.94. The zero-order valence-electron chi connectivity index (χ0n) is 11.4. The molecule has 1 aromatic carbocycles. The first kappa shape index (κ1) is 14.5. The highest BCUT2D eigenvalue weighted by molar-refractivity contribution is 6.17. The van der Waals surface area contributed by atoms with E-state index >= 15 is 0 Å². The first-order valence-electron chi connectivity index (χ1n) is 6.20. The number of ether oxygens (including phenoxy) is 1. The summed E-state index contributed by atoms with van der Waals surface area (Å²) in [6.45, 7) is 2.20. The average Bonchev–Trinajstić information content (AvgIpc) is 2.86. The lowest BCUT2D eigenvalue weighted by Crippen LogP contribution is -2.22. The minimum absolute atomic E-state index is 0.257. The number of aryl methyl sites for hydroxylation is 1. The second-order valence-electron chi connectivity index (χ2n) is 4.36. The van der Waals surface area contributed by atoms with Crippen molar-refractivity contribution in [3.05, 3.63) is 53.0 Å². The number of benzene rings is 1. The van der Waals surface area contributed by atoms with Crippen molar-refractivity contribution < 1.29 is 13.9 Å². The fourth-order valence-corrected chi connectivity index (χ4v) is 2.08. The molecule has 2 aromatic rings. The molecule has 2 rings (SSSR count). The minimum atomic E-state index is -0.257. The smallest absolute Gasteiger partial charge is 0.287 e. The molecule has 1 heterocycles. The van der Waals surface area contributed by atoms with Gasteiger partial charge in [0.2, 0.25) is 0 Å². The SMILES string of the molecule is COc1cccc(CNC(=O)c2cc(CCl)c(C)o2)c1. The molecule has 0 spiro atoms. The number of methoxy groups -OCH3 is 1. The third-order valence-corrected chi connectivity index (χ3v) is 3.26. The van der Waals surface area contributed by atoms with E-state index < -0.39 is 0 Å². The number of rotatable bonds is 5. The van der Waals surface area contributed by atoms with Crippen LogP contribution in [0.3, 0.4) is 0 Å². The second kappa shape index (κ2) is 6.48. The van der Waals surface area contributed by atoms with E-state index in [-0.39, 0.29) is 11.7 Å². The van der Waals surface area contributed by atoms with Crippen LogP contribution in [0.4, 0.5) is 0 Å². The fourth-order valence-electron chi connectivity index (χ4n) is 1.82. The van der Waals surface area contributed by atoms with Crippen LogP contribution in [0.5, 0.6) is 5.75 Å². The average molecular weight is 294 g/mol. The summed E-state index contributed by atoms with van der Waals surface area (Å²) in [6, 6.07) is 9.19.